The van der Waals surface area contributed by atoms with E-state index in [0.717, 1.165) is 64.2 Å². The largest absolute Gasteiger partial charge is 0.462 e. The van der Waals surface area contributed by atoms with Gasteiger partial charge in [0.25, 0.3) is 0 Å². The highest BCUT2D eigenvalue weighted by atomic mass is 16.6. The molecule has 0 aliphatic carbocycles. The molecule has 0 heterocycles. The van der Waals surface area contributed by atoms with Gasteiger partial charge >= 0.3 is 11.9 Å². The van der Waals surface area contributed by atoms with Gasteiger partial charge in [-0.25, -0.2) is 0 Å². The van der Waals surface area contributed by atoms with Crippen molar-refractivity contribution in [2.75, 3.05) is 19.8 Å². The second kappa shape index (κ2) is 58.9. The lowest BCUT2D eigenvalue weighted by molar-refractivity contribution is -0.163. The summed E-state index contributed by atoms with van der Waals surface area (Å²) < 4.78 is 17.5. The van der Waals surface area contributed by atoms with Gasteiger partial charge in [-0.2, -0.15) is 0 Å². The van der Waals surface area contributed by atoms with Crippen molar-refractivity contribution < 1.29 is 23.8 Å². The fourth-order valence-electron chi connectivity index (χ4n) is 8.51. The number of hydrogen-bond acceptors (Lipinski definition) is 5. The monoisotopic (exact) mass is 951 g/mol. The number of carbonyl (C=O) groups is 2. The molecule has 0 aromatic rings. The number of rotatable bonds is 55. The summed E-state index contributed by atoms with van der Waals surface area (Å²) in [6.07, 6.45) is 75.2. The lowest BCUT2D eigenvalue weighted by Gasteiger charge is -2.18. The van der Waals surface area contributed by atoms with E-state index in [4.69, 9.17) is 14.2 Å². The number of hydrogen-bond donors (Lipinski definition) is 0. The predicted molar refractivity (Wildman–Crippen MR) is 298 cm³/mol. The zero-order valence-electron chi connectivity index (χ0n) is 45.6. The Morgan fingerprint density at radius 1 is 0.324 bits per heavy atom. The van der Waals surface area contributed by atoms with Crippen molar-refractivity contribution in [3.05, 3.63) is 60.8 Å². The molecule has 1 atom stereocenters. The first-order valence-corrected chi connectivity index (χ1v) is 29.8. The summed E-state index contributed by atoms with van der Waals surface area (Å²) in [7, 11) is 0. The maximum absolute atomic E-state index is 12.9. The van der Waals surface area contributed by atoms with Crippen molar-refractivity contribution in [3.63, 3.8) is 0 Å². The van der Waals surface area contributed by atoms with Crippen LogP contribution in [0.5, 0.6) is 0 Å². The van der Waals surface area contributed by atoms with E-state index in [9.17, 15) is 9.59 Å². The van der Waals surface area contributed by atoms with Crippen molar-refractivity contribution >= 4 is 11.9 Å². The minimum absolute atomic E-state index is 0.0783. The maximum atomic E-state index is 12.9. The lowest BCUT2D eigenvalue weighted by Crippen LogP contribution is -2.30. The molecule has 1 unspecified atom stereocenters. The van der Waals surface area contributed by atoms with Gasteiger partial charge in [-0.15, -0.1) is 0 Å². The first kappa shape index (κ1) is 65.6. The van der Waals surface area contributed by atoms with Crippen LogP contribution in [0.15, 0.2) is 60.8 Å². The Hall–Kier alpha value is -2.40. The van der Waals surface area contributed by atoms with E-state index >= 15 is 0 Å². The summed E-state index contributed by atoms with van der Waals surface area (Å²) in [4.78, 5) is 25.5. The van der Waals surface area contributed by atoms with Gasteiger partial charge in [0.1, 0.15) is 6.61 Å². The van der Waals surface area contributed by atoms with Crippen LogP contribution < -0.4 is 0 Å². The van der Waals surface area contributed by atoms with Crippen LogP contribution in [0.3, 0.4) is 0 Å². The van der Waals surface area contributed by atoms with Gasteiger partial charge in [-0.05, 0) is 109 Å². The Kier molecular flexibility index (Phi) is 56.8. The van der Waals surface area contributed by atoms with E-state index in [-0.39, 0.29) is 25.2 Å². The van der Waals surface area contributed by atoms with Crippen molar-refractivity contribution in [2.45, 2.75) is 309 Å². The topological polar surface area (TPSA) is 61.8 Å². The molecule has 0 aromatic carbocycles. The summed E-state index contributed by atoms with van der Waals surface area (Å²) in [6.45, 7) is 7.79. The predicted octanol–water partition coefficient (Wildman–Crippen LogP) is 20.5. The third-order valence-corrected chi connectivity index (χ3v) is 13.0. The Morgan fingerprint density at radius 3 is 1.01 bits per heavy atom. The normalized spacial score (nSPS) is 12.6. The number of unbranched alkanes of at least 4 members (excludes halogenated alkanes) is 34. The van der Waals surface area contributed by atoms with Crippen molar-refractivity contribution in [2.24, 2.45) is 0 Å². The van der Waals surface area contributed by atoms with E-state index in [1.807, 2.05) is 0 Å². The van der Waals surface area contributed by atoms with Crippen LogP contribution in [-0.2, 0) is 23.8 Å². The molecule has 0 spiro atoms. The van der Waals surface area contributed by atoms with Crippen LogP contribution in [0.4, 0.5) is 0 Å². The standard InChI is InChI=1S/C63H114O5/c1-4-7-10-13-16-19-22-25-28-30-32-33-36-38-41-44-47-50-53-56-62(64)67-60-61(68-63(65)57-54-51-48-45-42-39-35-27-24-21-18-15-12-9-6-3)59-66-58-55-52-49-46-43-40-37-34-31-29-26-23-20-17-14-11-8-5-2/h16-17,19-20,25-29,35,61H,4-15,18,21-24,30-34,36-60H2,1-3H3/b19-16-,20-17-,28-25-,29-26-,35-27-. The van der Waals surface area contributed by atoms with Crippen molar-refractivity contribution in [1.29, 1.82) is 0 Å². The average molecular weight is 952 g/mol. The van der Waals surface area contributed by atoms with E-state index in [0.29, 0.717) is 19.4 Å². The van der Waals surface area contributed by atoms with Crippen LogP contribution in [-0.4, -0.2) is 37.9 Å². The number of allylic oxidation sites excluding steroid dienone is 10. The van der Waals surface area contributed by atoms with E-state index in [1.54, 1.807) is 0 Å². The second-order valence-electron chi connectivity index (χ2n) is 19.9. The van der Waals surface area contributed by atoms with E-state index in [1.165, 1.54) is 205 Å². The average Bonchev–Trinajstić information content (AvgIpc) is 3.34. The minimum atomic E-state index is -0.547. The Bertz CT molecular complexity index is 1170. The molecule has 0 N–H and O–H groups in total. The van der Waals surface area contributed by atoms with Gasteiger partial charge in [-0.3, -0.25) is 9.59 Å². The number of esters is 2. The molecule has 0 saturated heterocycles. The van der Waals surface area contributed by atoms with E-state index in [2.05, 4.69) is 81.5 Å². The Morgan fingerprint density at radius 2 is 0.618 bits per heavy atom. The van der Waals surface area contributed by atoms with Gasteiger partial charge in [0.15, 0.2) is 6.10 Å². The molecule has 5 nitrogen and oxygen atoms in total. The summed E-state index contributed by atoms with van der Waals surface area (Å²) >= 11 is 0. The maximum Gasteiger partial charge on any atom is 0.306 e. The van der Waals surface area contributed by atoms with Crippen molar-refractivity contribution in [1.82, 2.24) is 0 Å². The highest BCUT2D eigenvalue weighted by Crippen LogP contribution is 2.15. The zero-order valence-corrected chi connectivity index (χ0v) is 45.6. The molecule has 0 fully saturated rings. The highest BCUT2D eigenvalue weighted by Gasteiger charge is 2.17. The Balaban J connectivity index is 4.27. The molecule has 396 valence electrons. The third kappa shape index (κ3) is 56.2. The molecule has 0 aromatic heterocycles. The van der Waals surface area contributed by atoms with Crippen LogP contribution in [0.2, 0.25) is 0 Å². The Labute approximate surface area is 424 Å². The van der Waals surface area contributed by atoms with Crippen LogP contribution >= 0.6 is 0 Å². The van der Waals surface area contributed by atoms with Gasteiger partial charge in [0.2, 0.25) is 0 Å². The van der Waals surface area contributed by atoms with Crippen LogP contribution in [0, 0.1) is 0 Å². The smallest absolute Gasteiger partial charge is 0.306 e. The van der Waals surface area contributed by atoms with E-state index < -0.39 is 6.10 Å². The number of ether oxygens (including phenoxy) is 3. The lowest BCUT2D eigenvalue weighted by atomic mass is 10.1. The fraction of sp³-hybridized carbons (Fsp3) is 0.810. The molecule has 0 radical (unpaired) electrons. The van der Waals surface area contributed by atoms with Gasteiger partial charge < -0.3 is 14.2 Å². The quantitative estimate of drug-likeness (QED) is 0.0345. The molecular formula is C63H114O5. The van der Waals surface area contributed by atoms with Gasteiger partial charge in [0.05, 0.1) is 6.61 Å². The van der Waals surface area contributed by atoms with Gasteiger partial charge in [0, 0.05) is 19.4 Å². The third-order valence-electron chi connectivity index (χ3n) is 13.0. The second-order valence-corrected chi connectivity index (χ2v) is 19.9. The van der Waals surface area contributed by atoms with Crippen molar-refractivity contribution in [3.8, 4) is 0 Å². The van der Waals surface area contributed by atoms with Crippen LogP contribution in [0.1, 0.15) is 303 Å². The van der Waals surface area contributed by atoms with Crippen LogP contribution in [0.25, 0.3) is 0 Å². The summed E-state index contributed by atoms with van der Waals surface area (Å²) in [5.74, 6) is -0.403. The fourth-order valence-corrected chi connectivity index (χ4v) is 8.51. The molecule has 0 amide bonds. The molecule has 68 heavy (non-hydrogen) atoms. The summed E-state index contributed by atoms with van der Waals surface area (Å²) in [5.41, 5.74) is 0. The summed E-state index contributed by atoms with van der Waals surface area (Å²) in [5, 5.41) is 0. The molecule has 5 heteroatoms. The molecule has 0 aliphatic rings. The zero-order chi connectivity index (χ0) is 49.2. The SMILES string of the molecule is CCCCC/C=C\C/C=C\CCCCCCCCCCCC(=O)OCC(COCCCCCCCCCC/C=C\C/C=C\CCCCC)OC(=O)CCCCCCC/C=C\CCCCCCCC. The van der Waals surface area contributed by atoms with Gasteiger partial charge in [-0.1, -0.05) is 242 Å². The molecular weight excluding hydrogens is 837 g/mol. The molecule has 0 saturated carbocycles. The molecule has 0 aliphatic heterocycles. The molecule has 0 bridgehead atoms. The first-order chi connectivity index (χ1) is 33.6. The number of carbonyl (C=O) groups excluding carboxylic acids is 2. The minimum Gasteiger partial charge on any atom is -0.462 e. The highest BCUT2D eigenvalue weighted by molar-refractivity contribution is 5.70. The molecule has 0 rings (SSSR count). The summed E-state index contributed by atoms with van der Waals surface area (Å²) in [6, 6.07) is 0. The first-order valence-electron chi connectivity index (χ1n) is 29.8.